The van der Waals surface area contributed by atoms with E-state index in [1.807, 2.05) is 0 Å². The number of hydrogen-bond donors (Lipinski definition) is 0. The zero-order valence-corrected chi connectivity index (χ0v) is 42.4. The fraction of sp³-hybridized carbons (Fsp3) is 0.824. The molecule has 44 heavy (non-hydrogen) atoms. The molecule has 4 aliphatic rings. The van der Waals surface area contributed by atoms with Crippen LogP contribution in [0.15, 0.2) is 21.1 Å². The monoisotopic (exact) mass is 860 g/mol. The van der Waals surface area contributed by atoms with E-state index in [-0.39, 0.29) is 0 Å². The van der Waals surface area contributed by atoms with Gasteiger partial charge in [0, 0.05) is 57.4 Å². The molecule has 1 aromatic rings. The molecule has 5 rings (SSSR count). The van der Waals surface area contributed by atoms with Gasteiger partial charge in [0.2, 0.25) is 0 Å². The van der Waals surface area contributed by atoms with Crippen LogP contribution in [-0.2, 0) is 0 Å². The van der Waals surface area contributed by atoms with Crippen LogP contribution in [0.5, 0.6) is 0 Å². The second-order valence-corrected chi connectivity index (χ2v) is 59.2. The third-order valence-corrected chi connectivity index (χ3v) is 43.2. The summed E-state index contributed by atoms with van der Waals surface area (Å²) in [4.78, 5) is 0. The van der Waals surface area contributed by atoms with Crippen molar-refractivity contribution in [1.29, 1.82) is 0 Å². The van der Waals surface area contributed by atoms with Crippen LogP contribution in [0.2, 0.25) is 175 Å². The topological polar surface area (TPSA) is 0 Å². The van der Waals surface area contributed by atoms with E-state index in [0.717, 1.165) is 0 Å². The maximum absolute atomic E-state index is 4.28. The summed E-state index contributed by atoms with van der Waals surface area (Å²) < 4.78 is 2.99. The first kappa shape index (κ1) is 40.3. The Labute approximate surface area is 302 Å². The minimum absolute atomic E-state index is 0.595. The average molecular weight is 863 g/mol. The van der Waals surface area contributed by atoms with Crippen LogP contribution in [0.4, 0.5) is 0 Å². The molecule has 4 bridgehead atoms. The fourth-order valence-electron chi connectivity index (χ4n) is 7.29. The van der Waals surface area contributed by atoms with Crippen molar-refractivity contribution in [2.75, 3.05) is 0 Å². The Morgan fingerprint density at radius 2 is 0.545 bits per heavy atom. The Morgan fingerprint density at radius 1 is 0.364 bits per heavy atom. The zero-order valence-electron chi connectivity index (χ0n) is 31.2. The van der Waals surface area contributed by atoms with Crippen molar-refractivity contribution >= 4 is 108 Å². The minimum atomic E-state index is -1.20. The lowest BCUT2D eigenvalue weighted by Crippen LogP contribution is -2.40. The lowest BCUT2D eigenvalue weighted by Gasteiger charge is -2.34. The first-order valence-corrected chi connectivity index (χ1v) is 44.1. The maximum Gasteiger partial charge on any atom is 0.0866 e. The molecule has 0 fully saturated rings. The van der Waals surface area contributed by atoms with Crippen LogP contribution in [0.25, 0.3) is 0 Å². The normalized spacial score (nSPS) is 27.2. The summed E-state index contributed by atoms with van der Waals surface area (Å²) in [6, 6.07) is 30.3. The Balaban J connectivity index is 2.11. The highest BCUT2D eigenvalue weighted by atomic mass is 79.9. The van der Waals surface area contributed by atoms with Gasteiger partial charge in [-0.1, -0.05) is 207 Å². The molecular weight excluding hydrogens is 793 g/mol. The molecule has 0 nitrogen and oxygen atoms in total. The van der Waals surface area contributed by atoms with Crippen molar-refractivity contribution in [1.82, 2.24) is 0 Å². The highest BCUT2D eigenvalue weighted by Gasteiger charge is 2.36. The fourth-order valence-corrected chi connectivity index (χ4v) is 52.0. The number of fused-ring (bicyclic) bond motifs is 20. The maximum atomic E-state index is 4.28. The Morgan fingerprint density at radius 3 is 0.750 bits per heavy atom. The van der Waals surface area contributed by atoms with Crippen molar-refractivity contribution in [3.8, 4) is 0 Å². The molecule has 0 saturated carbocycles. The van der Waals surface area contributed by atoms with E-state index in [1.165, 1.54) is 33.1 Å². The van der Waals surface area contributed by atoms with Gasteiger partial charge >= 0.3 is 0 Å². The molecule has 0 spiro atoms. The second kappa shape index (κ2) is 15.9. The first-order chi connectivity index (χ1) is 20.0. The van der Waals surface area contributed by atoms with Gasteiger partial charge in [-0.05, 0) is 22.5 Å². The number of halogens is 2. The third kappa shape index (κ3) is 13.3. The van der Waals surface area contributed by atoms with Crippen molar-refractivity contribution in [3.05, 3.63) is 21.1 Å². The van der Waals surface area contributed by atoms with Crippen molar-refractivity contribution in [2.45, 2.75) is 175 Å². The van der Waals surface area contributed by atoms with Gasteiger partial charge in [-0.15, -0.1) is 0 Å². The van der Waals surface area contributed by atoms with Crippen LogP contribution in [0.3, 0.4) is 0 Å². The summed E-state index contributed by atoms with van der Waals surface area (Å²) in [5.74, 6) is 0. The molecule has 4 heterocycles. The molecule has 0 aliphatic carbocycles. The smallest absolute Gasteiger partial charge is 0.0694 e. The number of benzene rings is 1. The van der Waals surface area contributed by atoms with Gasteiger partial charge < -0.3 is 0 Å². The van der Waals surface area contributed by atoms with E-state index in [0.29, 0.717) is 0 Å². The van der Waals surface area contributed by atoms with Crippen LogP contribution < -0.4 is 10.4 Å². The molecular formula is C34H70Br2Si8. The van der Waals surface area contributed by atoms with Gasteiger partial charge in [0.1, 0.15) is 0 Å². The van der Waals surface area contributed by atoms with Gasteiger partial charge in [-0.3, -0.25) is 0 Å². The highest BCUT2D eigenvalue weighted by Crippen LogP contribution is 2.36. The summed E-state index contributed by atoms with van der Waals surface area (Å²) in [5.41, 5.74) is 0. The molecule has 0 atom stereocenters. The highest BCUT2D eigenvalue weighted by molar-refractivity contribution is 9.11. The summed E-state index contributed by atoms with van der Waals surface area (Å²) in [5, 5.41) is 3.48. The average Bonchev–Trinajstić information content (AvgIpc) is 2.90. The summed E-state index contributed by atoms with van der Waals surface area (Å²) >= 11 is 8.57. The standard InChI is InChI=1S/C34H70Br2Si8/c1-39(2)17-13-37-14-18-40(3,4)23-27-44(11,12)28-24-42(7,8)20-16-38(34-30-31(35)33(37)29-32(34)36)15-19-41(5,6)22-26-43(9,10)25-21-39/h29-30H,13-28H2,1-12H3. The van der Waals surface area contributed by atoms with Gasteiger partial charge in [0.25, 0.3) is 0 Å². The molecule has 0 amide bonds. The molecule has 0 unspecified atom stereocenters. The summed E-state index contributed by atoms with van der Waals surface area (Å²) in [6.45, 7) is 33.0. The largest absolute Gasteiger partial charge is 0.0866 e. The third-order valence-electron chi connectivity index (χ3n) is 12.1. The molecule has 4 aliphatic heterocycles. The van der Waals surface area contributed by atoms with Crippen LogP contribution in [-0.4, -0.2) is 66.0 Å². The predicted molar refractivity (Wildman–Crippen MR) is 234 cm³/mol. The molecule has 10 heteroatoms. The number of rotatable bonds is 0. The van der Waals surface area contributed by atoms with Gasteiger partial charge in [0.15, 0.2) is 0 Å². The van der Waals surface area contributed by atoms with E-state index in [4.69, 9.17) is 0 Å². The van der Waals surface area contributed by atoms with Crippen LogP contribution in [0, 0.1) is 0 Å². The van der Waals surface area contributed by atoms with Crippen LogP contribution in [0.1, 0.15) is 0 Å². The van der Waals surface area contributed by atoms with Gasteiger partial charge in [-0.25, -0.2) is 0 Å². The van der Waals surface area contributed by atoms with Crippen LogP contribution >= 0.6 is 31.9 Å². The van der Waals surface area contributed by atoms with Crippen molar-refractivity contribution < 1.29 is 0 Å². The number of hydrogen-bond acceptors (Lipinski definition) is 0. The van der Waals surface area contributed by atoms with E-state index < -0.39 is 66.0 Å². The summed E-state index contributed by atoms with van der Waals surface area (Å²) in [6.07, 6.45) is 0. The van der Waals surface area contributed by atoms with Crippen molar-refractivity contribution in [2.24, 2.45) is 0 Å². The molecule has 0 N–H and O–H groups in total. The van der Waals surface area contributed by atoms with E-state index in [2.05, 4.69) is 123 Å². The molecule has 0 aromatic heterocycles. The zero-order chi connectivity index (χ0) is 33.2. The minimum Gasteiger partial charge on any atom is -0.0694 e. The predicted octanol–water partition coefficient (Wildman–Crippen LogP) is 12.9. The Hall–Kier alpha value is 1.92. The molecule has 252 valence electrons. The summed E-state index contributed by atoms with van der Waals surface area (Å²) in [7, 11) is -8.23. The lowest BCUT2D eigenvalue weighted by atomic mass is 10.4. The van der Waals surface area contributed by atoms with Crippen molar-refractivity contribution in [3.63, 3.8) is 0 Å². The van der Waals surface area contributed by atoms with Gasteiger partial charge in [0.05, 0.1) is 17.6 Å². The molecule has 0 saturated heterocycles. The SMILES string of the molecule is C[Si]1(C)CC[Si]2CC[Si](C)(C)CC[Si](C)(C)CC[Si](C)(C)CC[Si](CC[Si](C)(C)CC[Si](C)(C)CC1)c1cc(Br)c2cc1Br. The molecule has 2 radical (unpaired) electrons. The Kier molecular flexibility index (Phi) is 14.5. The Bertz CT molecular complexity index is 961. The lowest BCUT2D eigenvalue weighted by molar-refractivity contribution is 1.12. The first-order valence-electron chi connectivity index (χ1n) is 18.2. The van der Waals surface area contributed by atoms with E-state index in [9.17, 15) is 0 Å². The van der Waals surface area contributed by atoms with E-state index >= 15 is 0 Å². The van der Waals surface area contributed by atoms with Gasteiger partial charge in [-0.2, -0.15) is 0 Å². The molecule has 1 aromatic carbocycles. The second-order valence-electron chi connectivity index (χ2n) is 20.0. The quantitative estimate of drug-likeness (QED) is 0.228. The van der Waals surface area contributed by atoms with E-state index in [1.54, 1.807) is 82.9 Å².